The molecule has 2 rings (SSSR count). The molecule has 25 heavy (non-hydrogen) atoms. The minimum atomic E-state index is -3.88. The van der Waals surface area contributed by atoms with E-state index in [4.69, 9.17) is 9.88 Å². The molecule has 0 saturated carbocycles. The lowest BCUT2D eigenvalue weighted by Gasteiger charge is -2.10. The Morgan fingerprint density at radius 2 is 1.92 bits per heavy atom. The van der Waals surface area contributed by atoms with Crippen LogP contribution in [0.4, 0.5) is 0 Å². The molecular weight excluding hydrogens is 360 g/mol. The Morgan fingerprint density at radius 1 is 1.20 bits per heavy atom. The van der Waals surface area contributed by atoms with Crippen molar-refractivity contribution in [2.24, 2.45) is 5.14 Å². The van der Waals surface area contributed by atoms with Gasteiger partial charge in [0.15, 0.2) is 0 Å². The number of ether oxygens (including phenoxy) is 1. The van der Waals surface area contributed by atoms with Crippen LogP contribution in [-0.2, 0) is 10.0 Å². The Morgan fingerprint density at radius 3 is 2.56 bits per heavy atom. The third kappa shape index (κ3) is 5.77. The summed E-state index contributed by atoms with van der Waals surface area (Å²) in [5, 5.41) is 7.88. The largest absolute Gasteiger partial charge is 0.496 e. The van der Waals surface area contributed by atoms with Gasteiger partial charge in [0.1, 0.15) is 5.75 Å². The first-order valence-electron chi connectivity index (χ1n) is 7.58. The number of hydrogen-bond donors (Lipinski definition) is 2. The smallest absolute Gasteiger partial charge is 0.255 e. The van der Waals surface area contributed by atoms with Gasteiger partial charge in [0.05, 0.1) is 17.6 Å². The van der Waals surface area contributed by atoms with Gasteiger partial charge in [-0.3, -0.25) is 4.79 Å². The van der Waals surface area contributed by atoms with Gasteiger partial charge in [-0.1, -0.05) is 18.2 Å². The molecule has 0 aliphatic carbocycles. The summed E-state index contributed by atoms with van der Waals surface area (Å²) in [6.45, 7) is 0.474. The fourth-order valence-corrected chi connectivity index (χ4v) is 3.53. The maximum absolute atomic E-state index is 12.3. The van der Waals surface area contributed by atoms with Gasteiger partial charge in [-0.2, -0.15) is 0 Å². The van der Waals surface area contributed by atoms with E-state index in [2.05, 4.69) is 5.32 Å². The fourth-order valence-electron chi connectivity index (χ4n) is 2.12. The van der Waals surface area contributed by atoms with Crippen molar-refractivity contribution in [3.05, 3.63) is 54.1 Å². The number of thioether (sulfide) groups is 1. The Hall–Kier alpha value is -2.03. The minimum absolute atomic E-state index is 0.127. The highest BCUT2D eigenvalue weighted by Gasteiger charge is 2.17. The number of carbonyl (C=O) groups is 1. The molecule has 0 unspecified atom stereocenters. The third-order valence-corrected chi connectivity index (χ3v) is 5.37. The number of carbonyl (C=O) groups excluding carboxylic acids is 1. The number of rotatable bonds is 8. The van der Waals surface area contributed by atoms with Crippen molar-refractivity contribution < 1.29 is 17.9 Å². The van der Waals surface area contributed by atoms with Crippen LogP contribution in [0.25, 0.3) is 0 Å². The second kappa shape index (κ2) is 8.89. The zero-order chi connectivity index (χ0) is 18.3. The van der Waals surface area contributed by atoms with Gasteiger partial charge < -0.3 is 10.1 Å². The molecule has 2 aromatic rings. The number of amides is 1. The monoisotopic (exact) mass is 380 g/mol. The van der Waals surface area contributed by atoms with Crippen LogP contribution < -0.4 is 15.2 Å². The molecule has 0 aliphatic rings. The summed E-state index contributed by atoms with van der Waals surface area (Å²) in [7, 11) is -2.47. The normalized spacial score (nSPS) is 11.1. The quantitative estimate of drug-likeness (QED) is 0.541. The fraction of sp³-hybridized carbons (Fsp3) is 0.235. The summed E-state index contributed by atoms with van der Waals surface area (Å²) in [6, 6.07) is 13.9. The Kier molecular flexibility index (Phi) is 6.86. The number of sulfonamides is 1. The van der Waals surface area contributed by atoms with E-state index in [-0.39, 0.29) is 10.5 Å². The third-order valence-electron chi connectivity index (χ3n) is 3.36. The molecule has 0 saturated heterocycles. The van der Waals surface area contributed by atoms with Crippen LogP contribution in [0.1, 0.15) is 16.8 Å². The van der Waals surface area contributed by atoms with Crippen LogP contribution in [0.2, 0.25) is 0 Å². The van der Waals surface area contributed by atoms with Gasteiger partial charge in [0.2, 0.25) is 10.0 Å². The van der Waals surface area contributed by atoms with E-state index in [9.17, 15) is 13.2 Å². The molecule has 0 spiro atoms. The highest BCUT2D eigenvalue weighted by atomic mass is 32.2. The first-order valence-corrected chi connectivity index (χ1v) is 10.1. The molecule has 0 bridgehead atoms. The maximum Gasteiger partial charge on any atom is 0.255 e. The van der Waals surface area contributed by atoms with Crippen molar-refractivity contribution in [3.63, 3.8) is 0 Å². The summed E-state index contributed by atoms with van der Waals surface area (Å²) < 4.78 is 28.0. The van der Waals surface area contributed by atoms with Gasteiger partial charge in [-0.25, -0.2) is 13.6 Å². The predicted molar refractivity (Wildman–Crippen MR) is 98.5 cm³/mol. The molecule has 0 atom stereocenters. The molecule has 0 aliphatic heterocycles. The number of nitrogens with two attached hydrogens (primary N) is 1. The number of benzene rings is 2. The summed E-state index contributed by atoms with van der Waals surface area (Å²) in [4.78, 5) is 13.4. The number of nitrogens with one attached hydrogen (secondary N) is 1. The van der Waals surface area contributed by atoms with Crippen LogP contribution in [0, 0.1) is 0 Å². The first-order chi connectivity index (χ1) is 11.9. The number of hydrogen-bond acceptors (Lipinski definition) is 5. The number of primary sulfonamides is 1. The minimum Gasteiger partial charge on any atom is -0.496 e. The molecule has 0 heterocycles. The van der Waals surface area contributed by atoms with Gasteiger partial charge in [-0.05, 0) is 42.5 Å². The molecule has 3 N–H and O–H groups in total. The van der Waals surface area contributed by atoms with E-state index in [0.717, 1.165) is 12.2 Å². The molecule has 6 nitrogen and oxygen atoms in total. The number of methoxy groups -OCH3 is 1. The van der Waals surface area contributed by atoms with Crippen LogP contribution in [0.15, 0.2) is 58.3 Å². The van der Waals surface area contributed by atoms with Crippen LogP contribution in [0.5, 0.6) is 5.75 Å². The lowest BCUT2D eigenvalue weighted by Crippen LogP contribution is -2.26. The van der Waals surface area contributed by atoms with Crippen molar-refractivity contribution in [2.75, 3.05) is 19.4 Å². The van der Waals surface area contributed by atoms with Gasteiger partial charge in [0.25, 0.3) is 5.91 Å². The summed E-state index contributed by atoms with van der Waals surface area (Å²) in [5.74, 6) is 0.758. The van der Waals surface area contributed by atoms with Gasteiger partial charge in [0, 0.05) is 11.4 Å². The van der Waals surface area contributed by atoms with Crippen molar-refractivity contribution in [1.29, 1.82) is 0 Å². The van der Waals surface area contributed by atoms with Crippen molar-refractivity contribution >= 4 is 27.7 Å². The van der Waals surface area contributed by atoms with E-state index in [0.29, 0.717) is 12.3 Å². The first kappa shape index (κ1) is 19.3. The Labute approximate surface area is 151 Å². The maximum atomic E-state index is 12.3. The Bertz CT molecular complexity index is 824. The second-order valence-corrected chi connectivity index (χ2v) is 7.91. The van der Waals surface area contributed by atoms with E-state index < -0.39 is 15.9 Å². The summed E-state index contributed by atoms with van der Waals surface area (Å²) in [5.41, 5.74) is 0.143. The summed E-state index contributed by atoms with van der Waals surface area (Å²) >= 11 is 1.71. The van der Waals surface area contributed by atoms with Gasteiger partial charge in [-0.15, -0.1) is 11.8 Å². The van der Waals surface area contributed by atoms with Crippen molar-refractivity contribution in [2.45, 2.75) is 16.2 Å². The molecule has 2 aromatic carbocycles. The molecule has 0 fully saturated rings. The van der Waals surface area contributed by atoms with E-state index >= 15 is 0 Å². The molecule has 0 radical (unpaired) electrons. The van der Waals surface area contributed by atoms with E-state index in [1.54, 1.807) is 11.8 Å². The summed E-state index contributed by atoms with van der Waals surface area (Å²) in [6.07, 6.45) is 0.780. The van der Waals surface area contributed by atoms with Crippen LogP contribution in [-0.4, -0.2) is 33.7 Å². The van der Waals surface area contributed by atoms with Gasteiger partial charge >= 0.3 is 0 Å². The lowest BCUT2D eigenvalue weighted by atomic mass is 10.2. The highest BCUT2D eigenvalue weighted by molar-refractivity contribution is 7.99. The SMILES string of the molecule is COc1ccc(S(N)(=O)=O)cc1C(=O)NCCCSc1ccccc1. The standard InChI is InChI=1S/C17H20N2O4S2/c1-23-16-9-8-14(25(18,21)22)12-15(16)17(20)19-10-5-11-24-13-6-3-2-4-7-13/h2-4,6-9,12H,5,10-11H2,1H3,(H,19,20)(H2,18,21,22). The average Bonchev–Trinajstić information content (AvgIpc) is 2.60. The average molecular weight is 380 g/mol. The van der Waals surface area contributed by atoms with Crippen molar-refractivity contribution in [1.82, 2.24) is 5.32 Å². The zero-order valence-corrected chi connectivity index (χ0v) is 15.4. The lowest BCUT2D eigenvalue weighted by molar-refractivity contribution is 0.0950. The highest BCUT2D eigenvalue weighted by Crippen LogP contribution is 2.22. The molecule has 8 heteroatoms. The topological polar surface area (TPSA) is 98.5 Å². The van der Waals surface area contributed by atoms with Crippen LogP contribution in [0.3, 0.4) is 0 Å². The molecular formula is C17H20N2O4S2. The predicted octanol–water partition coefficient (Wildman–Crippen LogP) is 2.25. The zero-order valence-electron chi connectivity index (χ0n) is 13.8. The van der Waals surface area contributed by atoms with Crippen molar-refractivity contribution in [3.8, 4) is 5.75 Å². The molecule has 134 valence electrons. The molecule has 1 amide bonds. The molecule has 0 aromatic heterocycles. The second-order valence-electron chi connectivity index (χ2n) is 5.18. The van der Waals surface area contributed by atoms with Crippen LogP contribution >= 0.6 is 11.8 Å². The van der Waals surface area contributed by atoms with E-state index in [1.807, 2.05) is 30.3 Å². The van der Waals surface area contributed by atoms with E-state index in [1.165, 1.54) is 30.2 Å². The Balaban J connectivity index is 1.91.